The minimum atomic E-state index is -1.00. The number of carbonyl (C=O) groups is 2. The van der Waals surface area contributed by atoms with Crippen molar-refractivity contribution in [2.45, 2.75) is 26.9 Å². The van der Waals surface area contributed by atoms with Crippen molar-refractivity contribution in [2.75, 3.05) is 19.0 Å². The van der Waals surface area contributed by atoms with Crippen LogP contribution in [0.3, 0.4) is 0 Å². The van der Waals surface area contributed by atoms with E-state index in [0.29, 0.717) is 22.2 Å². The topological polar surface area (TPSA) is 73.9 Å². The third-order valence-electron chi connectivity index (χ3n) is 3.72. The Morgan fingerprint density at radius 2 is 1.74 bits per heavy atom. The minimum Gasteiger partial charge on any atom is -0.495 e. The second-order valence-electron chi connectivity index (χ2n) is 6.05. The molecule has 144 valence electrons. The van der Waals surface area contributed by atoms with E-state index in [-0.39, 0.29) is 6.61 Å². The van der Waals surface area contributed by atoms with Gasteiger partial charge in [0, 0.05) is 0 Å². The smallest absolute Gasteiger partial charge is 0.344 e. The molecule has 1 N–H and O–H groups in total. The van der Waals surface area contributed by atoms with Crippen molar-refractivity contribution < 1.29 is 23.8 Å². The van der Waals surface area contributed by atoms with Crippen molar-refractivity contribution in [1.29, 1.82) is 0 Å². The number of hydrogen-bond acceptors (Lipinski definition) is 5. The molecule has 1 atom stereocenters. The predicted molar refractivity (Wildman–Crippen MR) is 104 cm³/mol. The number of halogens is 1. The van der Waals surface area contributed by atoms with E-state index in [1.807, 2.05) is 26.0 Å². The molecule has 0 heterocycles. The van der Waals surface area contributed by atoms with Gasteiger partial charge in [0.05, 0.1) is 17.8 Å². The Labute approximate surface area is 163 Å². The Bertz CT molecular complexity index is 837. The maximum absolute atomic E-state index is 12.3. The lowest BCUT2D eigenvalue weighted by molar-refractivity contribution is -0.155. The minimum absolute atomic E-state index is 0.353. The number of amides is 1. The maximum Gasteiger partial charge on any atom is 0.344 e. The highest BCUT2D eigenvalue weighted by Crippen LogP contribution is 2.26. The van der Waals surface area contributed by atoms with E-state index in [2.05, 4.69) is 5.32 Å². The van der Waals surface area contributed by atoms with Gasteiger partial charge in [0.25, 0.3) is 5.91 Å². The SMILES string of the molecule is COc1ccc(C)cc1NC(=O)[C@H](C)OC(=O)COc1cc(C)ccc1Cl. The summed E-state index contributed by atoms with van der Waals surface area (Å²) in [5, 5.41) is 3.09. The van der Waals surface area contributed by atoms with Crippen molar-refractivity contribution in [3.05, 3.63) is 52.5 Å². The molecule has 0 fully saturated rings. The number of nitrogens with one attached hydrogen (secondary N) is 1. The molecule has 0 aromatic heterocycles. The van der Waals surface area contributed by atoms with Crippen LogP contribution in [0, 0.1) is 13.8 Å². The number of ether oxygens (including phenoxy) is 3. The first-order valence-corrected chi connectivity index (χ1v) is 8.72. The summed E-state index contributed by atoms with van der Waals surface area (Å²) >= 11 is 6.01. The van der Waals surface area contributed by atoms with Crippen LogP contribution in [0.15, 0.2) is 36.4 Å². The number of hydrogen-bond donors (Lipinski definition) is 1. The maximum atomic E-state index is 12.3. The van der Waals surface area contributed by atoms with Crippen LogP contribution < -0.4 is 14.8 Å². The first-order valence-electron chi connectivity index (χ1n) is 8.34. The van der Waals surface area contributed by atoms with E-state index in [1.54, 1.807) is 24.3 Å². The van der Waals surface area contributed by atoms with E-state index in [1.165, 1.54) is 14.0 Å². The Kier molecular flexibility index (Phi) is 7.07. The summed E-state index contributed by atoms with van der Waals surface area (Å²) in [7, 11) is 1.51. The lowest BCUT2D eigenvalue weighted by Crippen LogP contribution is -2.31. The van der Waals surface area contributed by atoms with Gasteiger partial charge in [-0.2, -0.15) is 0 Å². The predicted octanol–water partition coefficient (Wildman–Crippen LogP) is 3.91. The molecular weight excluding hydrogens is 370 g/mol. The molecule has 2 aromatic carbocycles. The zero-order valence-corrected chi connectivity index (χ0v) is 16.4. The van der Waals surface area contributed by atoms with Crippen molar-refractivity contribution in [3.63, 3.8) is 0 Å². The third-order valence-corrected chi connectivity index (χ3v) is 4.03. The molecule has 7 heteroatoms. The van der Waals surface area contributed by atoms with Crippen LogP contribution in [0.5, 0.6) is 11.5 Å². The van der Waals surface area contributed by atoms with E-state index in [9.17, 15) is 9.59 Å². The molecular formula is C20H22ClNO5. The molecule has 0 radical (unpaired) electrons. The summed E-state index contributed by atoms with van der Waals surface area (Å²) in [6, 6.07) is 10.6. The molecule has 6 nitrogen and oxygen atoms in total. The van der Waals surface area contributed by atoms with E-state index < -0.39 is 18.0 Å². The van der Waals surface area contributed by atoms with E-state index in [0.717, 1.165) is 11.1 Å². The van der Waals surface area contributed by atoms with Gasteiger partial charge in [-0.1, -0.05) is 23.7 Å². The van der Waals surface area contributed by atoms with Gasteiger partial charge in [-0.3, -0.25) is 4.79 Å². The summed E-state index contributed by atoms with van der Waals surface area (Å²) in [6.45, 7) is 4.91. The molecule has 0 aliphatic heterocycles. The Morgan fingerprint density at radius 3 is 2.44 bits per heavy atom. The van der Waals surface area contributed by atoms with Crippen LogP contribution in [0.25, 0.3) is 0 Å². The van der Waals surface area contributed by atoms with Gasteiger partial charge in [-0.05, 0) is 56.2 Å². The number of methoxy groups -OCH3 is 1. The number of aryl methyl sites for hydroxylation is 2. The lowest BCUT2D eigenvalue weighted by Gasteiger charge is -2.16. The van der Waals surface area contributed by atoms with Crippen LogP contribution in [-0.2, 0) is 14.3 Å². The second kappa shape index (κ2) is 9.28. The average Bonchev–Trinajstić information content (AvgIpc) is 2.62. The quantitative estimate of drug-likeness (QED) is 0.724. The molecule has 0 spiro atoms. The van der Waals surface area contributed by atoms with E-state index >= 15 is 0 Å². The fourth-order valence-electron chi connectivity index (χ4n) is 2.30. The normalized spacial score (nSPS) is 11.4. The lowest BCUT2D eigenvalue weighted by atomic mass is 10.2. The molecule has 2 aromatic rings. The number of carbonyl (C=O) groups excluding carboxylic acids is 2. The molecule has 0 unspecified atom stereocenters. The molecule has 2 rings (SSSR count). The van der Waals surface area contributed by atoms with Gasteiger partial charge in [0.15, 0.2) is 12.7 Å². The van der Waals surface area contributed by atoms with Crippen molar-refractivity contribution in [1.82, 2.24) is 0 Å². The van der Waals surface area contributed by atoms with E-state index in [4.69, 9.17) is 25.8 Å². The summed E-state index contributed by atoms with van der Waals surface area (Å²) in [4.78, 5) is 24.3. The summed E-state index contributed by atoms with van der Waals surface area (Å²) in [6.07, 6.45) is -1.00. The zero-order valence-electron chi connectivity index (χ0n) is 15.7. The number of rotatable bonds is 7. The van der Waals surface area contributed by atoms with Crippen molar-refractivity contribution in [3.8, 4) is 11.5 Å². The van der Waals surface area contributed by atoms with Gasteiger partial charge in [-0.25, -0.2) is 4.79 Å². The Balaban J connectivity index is 1.91. The average molecular weight is 392 g/mol. The number of benzene rings is 2. The van der Waals surface area contributed by atoms with Gasteiger partial charge in [0.2, 0.25) is 0 Å². The van der Waals surface area contributed by atoms with Gasteiger partial charge in [0.1, 0.15) is 11.5 Å². The molecule has 0 aliphatic rings. The molecule has 0 bridgehead atoms. The Morgan fingerprint density at radius 1 is 1.07 bits per heavy atom. The van der Waals surface area contributed by atoms with Gasteiger partial charge in [-0.15, -0.1) is 0 Å². The highest BCUT2D eigenvalue weighted by molar-refractivity contribution is 6.32. The van der Waals surface area contributed by atoms with Crippen molar-refractivity contribution in [2.24, 2.45) is 0 Å². The number of esters is 1. The molecule has 0 saturated carbocycles. The number of anilines is 1. The van der Waals surface area contributed by atoms with Gasteiger partial charge >= 0.3 is 5.97 Å². The van der Waals surface area contributed by atoms with Gasteiger partial charge < -0.3 is 19.5 Å². The fraction of sp³-hybridized carbons (Fsp3) is 0.300. The van der Waals surface area contributed by atoms with Crippen LogP contribution >= 0.6 is 11.6 Å². The monoisotopic (exact) mass is 391 g/mol. The molecule has 27 heavy (non-hydrogen) atoms. The summed E-state index contributed by atoms with van der Waals surface area (Å²) in [5.41, 5.74) is 2.41. The summed E-state index contributed by atoms with van der Waals surface area (Å²) < 4.78 is 15.7. The third kappa shape index (κ3) is 5.89. The first kappa shape index (κ1) is 20.6. The fourth-order valence-corrected chi connectivity index (χ4v) is 2.47. The first-order chi connectivity index (χ1) is 12.8. The second-order valence-corrected chi connectivity index (χ2v) is 6.45. The van der Waals surface area contributed by atoms with Crippen LogP contribution in [0.1, 0.15) is 18.1 Å². The largest absolute Gasteiger partial charge is 0.495 e. The Hall–Kier alpha value is -2.73. The van der Waals surface area contributed by atoms with Crippen molar-refractivity contribution >= 4 is 29.2 Å². The molecule has 0 saturated heterocycles. The summed E-state index contributed by atoms with van der Waals surface area (Å²) in [5.74, 6) is -0.243. The molecule has 1 amide bonds. The van der Waals surface area contributed by atoms with Crippen LogP contribution in [-0.4, -0.2) is 31.7 Å². The highest BCUT2D eigenvalue weighted by Gasteiger charge is 2.20. The molecule has 0 aliphatic carbocycles. The van der Waals surface area contributed by atoms with Crippen LogP contribution in [0.4, 0.5) is 5.69 Å². The standard InChI is InChI=1S/C20H22ClNO5/c1-12-6-8-17(25-4)16(9-12)22-20(24)14(3)27-19(23)11-26-18-10-13(2)5-7-15(18)21/h5-10,14H,11H2,1-4H3,(H,22,24)/t14-/m0/s1. The van der Waals surface area contributed by atoms with Crippen LogP contribution in [0.2, 0.25) is 5.02 Å². The highest BCUT2D eigenvalue weighted by atomic mass is 35.5. The zero-order chi connectivity index (χ0) is 20.0.